The zero-order chi connectivity index (χ0) is 32.2. The van der Waals surface area contributed by atoms with E-state index >= 15 is 0 Å². The van der Waals surface area contributed by atoms with Gasteiger partial charge in [0.25, 0.3) is 0 Å². The largest absolute Gasteiger partial charge is 0.455 e. The number of nitrogens with zero attached hydrogens (tertiary/aromatic N) is 1. The van der Waals surface area contributed by atoms with Gasteiger partial charge < -0.3 is 9.32 Å². The third kappa shape index (κ3) is 4.55. The molecule has 2 nitrogen and oxygen atoms in total. The second-order valence-electron chi connectivity index (χ2n) is 13.7. The second kappa shape index (κ2) is 11.3. The maximum absolute atomic E-state index is 6.41. The number of allylic oxidation sites excluding steroid dienone is 10. The quantitative estimate of drug-likeness (QED) is 0.191. The number of anilines is 3. The molecule has 232 valence electrons. The molecule has 1 heterocycles. The van der Waals surface area contributed by atoms with E-state index < -0.39 is 0 Å². The van der Waals surface area contributed by atoms with Crippen LogP contribution in [0.1, 0.15) is 43.4 Å². The minimum absolute atomic E-state index is 0.0225. The highest BCUT2D eigenvalue weighted by molar-refractivity contribution is 6.09. The molecule has 9 rings (SSSR count). The highest BCUT2D eigenvalue weighted by atomic mass is 16.3. The average Bonchev–Trinajstić information content (AvgIpc) is 3.47. The van der Waals surface area contributed by atoms with Crippen LogP contribution in [0.25, 0.3) is 44.2 Å². The first kappa shape index (κ1) is 28.6. The van der Waals surface area contributed by atoms with Crippen LogP contribution in [-0.2, 0) is 5.41 Å². The van der Waals surface area contributed by atoms with Crippen LogP contribution in [0.5, 0.6) is 0 Å². The summed E-state index contributed by atoms with van der Waals surface area (Å²) in [5.41, 5.74) is 14.3. The number of furan rings is 1. The molecular formula is C46H37NO. The minimum Gasteiger partial charge on any atom is -0.455 e. The first-order valence-corrected chi connectivity index (χ1v) is 17.0. The van der Waals surface area contributed by atoms with Crippen LogP contribution < -0.4 is 4.90 Å². The van der Waals surface area contributed by atoms with Crippen LogP contribution in [-0.4, -0.2) is 0 Å². The van der Waals surface area contributed by atoms with Crippen LogP contribution in [0.3, 0.4) is 0 Å². The fraction of sp³-hybridized carbons (Fsp3) is 0.130. The van der Waals surface area contributed by atoms with Gasteiger partial charge in [0.05, 0.1) is 5.69 Å². The van der Waals surface area contributed by atoms with E-state index in [1.807, 2.05) is 12.1 Å². The second-order valence-corrected chi connectivity index (χ2v) is 13.7. The summed E-state index contributed by atoms with van der Waals surface area (Å²) in [4.78, 5) is 2.45. The summed E-state index contributed by atoms with van der Waals surface area (Å²) in [6.07, 6.45) is 20.1. The Morgan fingerprint density at radius 1 is 0.667 bits per heavy atom. The van der Waals surface area contributed by atoms with Gasteiger partial charge in [-0.15, -0.1) is 0 Å². The van der Waals surface area contributed by atoms with Gasteiger partial charge in [-0.3, -0.25) is 0 Å². The SMILES string of the molecule is CC1(C)c2cccc(N(c3ccc(C4=CC=CCC4)cc3)c3ccc(-c4cccc5c4oc4ccccc45)cc3)c2C2=CC=CC=CC21. The molecule has 0 N–H and O–H groups in total. The van der Waals surface area contributed by atoms with Crippen molar-refractivity contribution in [3.05, 3.63) is 174 Å². The lowest BCUT2D eigenvalue weighted by molar-refractivity contribution is 0.477. The zero-order valence-electron chi connectivity index (χ0n) is 27.4. The van der Waals surface area contributed by atoms with E-state index in [-0.39, 0.29) is 5.41 Å². The topological polar surface area (TPSA) is 16.4 Å². The van der Waals surface area contributed by atoms with Crippen LogP contribution in [0.4, 0.5) is 17.1 Å². The Morgan fingerprint density at radius 3 is 2.21 bits per heavy atom. The summed E-state index contributed by atoms with van der Waals surface area (Å²) in [6, 6.07) is 39.8. The van der Waals surface area contributed by atoms with Gasteiger partial charge in [0.2, 0.25) is 0 Å². The zero-order valence-corrected chi connectivity index (χ0v) is 27.4. The lowest BCUT2D eigenvalue weighted by Crippen LogP contribution is -2.21. The molecular weight excluding hydrogens is 583 g/mol. The molecule has 2 heteroatoms. The Bertz CT molecular complexity index is 2360. The van der Waals surface area contributed by atoms with Crippen molar-refractivity contribution in [2.75, 3.05) is 4.90 Å². The van der Waals surface area contributed by atoms with Crippen LogP contribution in [0.15, 0.2) is 162 Å². The molecule has 3 aliphatic rings. The molecule has 3 aliphatic carbocycles. The predicted molar refractivity (Wildman–Crippen MR) is 203 cm³/mol. The monoisotopic (exact) mass is 619 g/mol. The molecule has 0 aliphatic heterocycles. The van der Waals surface area contributed by atoms with Crippen molar-refractivity contribution in [1.82, 2.24) is 0 Å². The molecule has 6 aromatic rings. The van der Waals surface area contributed by atoms with Crippen molar-refractivity contribution in [2.45, 2.75) is 32.1 Å². The lowest BCUT2D eigenvalue weighted by atomic mass is 9.77. The molecule has 0 spiro atoms. The van der Waals surface area contributed by atoms with Gasteiger partial charge in [-0.25, -0.2) is 0 Å². The normalized spacial score (nSPS) is 17.6. The number of para-hydroxylation sites is 2. The summed E-state index contributed by atoms with van der Waals surface area (Å²) >= 11 is 0. The fourth-order valence-electron chi connectivity index (χ4n) is 8.07. The van der Waals surface area contributed by atoms with Crippen LogP contribution in [0, 0.1) is 5.92 Å². The summed E-state index contributed by atoms with van der Waals surface area (Å²) in [6.45, 7) is 4.77. The van der Waals surface area contributed by atoms with E-state index in [1.54, 1.807) is 0 Å². The van der Waals surface area contributed by atoms with E-state index in [4.69, 9.17) is 4.42 Å². The van der Waals surface area contributed by atoms with Crippen molar-refractivity contribution in [3.63, 3.8) is 0 Å². The molecule has 5 aromatic carbocycles. The Hall–Kier alpha value is -5.60. The summed E-state index contributed by atoms with van der Waals surface area (Å²) in [5, 5.41) is 2.30. The van der Waals surface area contributed by atoms with Crippen molar-refractivity contribution in [2.24, 2.45) is 5.92 Å². The van der Waals surface area contributed by atoms with Crippen LogP contribution in [0.2, 0.25) is 0 Å². The summed E-state index contributed by atoms with van der Waals surface area (Å²) in [7, 11) is 0. The number of hydrogen-bond acceptors (Lipinski definition) is 2. The van der Waals surface area contributed by atoms with Crippen molar-refractivity contribution < 1.29 is 4.42 Å². The highest BCUT2D eigenvalue weighted by Gasteiger charge is 2.43. The molecule has 0 saturated carbocycles. The molecule has 0 fully saturated rings. The predicted octanol–water partition coefficient (Wildman–Crippen LogP) is 12.9. The van der Waals surface area contributed by atoms with Gasteiger partial charge in [0.15, 0.2) is 0 Å². The number of rotatable bonds is 5. The van der Waals surface area contributed by atoms with E-state index in [0.29, 0.717) is 5.92 Å². The standard InChI is InChI=1S/C46H37NO/c1-46(2)40-19-8-4-7-16-39(40)44-41(46)20-12-21-42(44)47(34-27-23-32(24-28-34)31-13-5-3-6-14-31)35-29-25-33(26-30-35)36-17-11-18-38-37-15-9-10-22-43(37)48-45(36)38/h3-5,7-13,15-30,40H,6,14H2,1-2H3. The van der Waals surface area contributed by atoms with Gasteiger partial charge in [0.1, 0.15) is 11.2 Å². The molecule has 1 aromatic heterocycles. The first-order chi connectivity index (χ1) is 23.6. The van der Waals surface area contributed by atoms with Crippen LogP contribution >= 0.6 is 0 Å². The Kier molecular flexibility index (Phi) is 6.72. The Balaban J connectivity index is 1.20. The van der Waals surface area contributed by atoms with Gasteiger partial charge in [-0.05, 0) is 77.1 Å². The third-order valence-corrected chi connectivity index (χ3v) is 10.5. The van der Waals surface area contributed by atoms with E-state index in [2.05, 4.69) is 164 Å². The van der Waals surface area contributed by atoms with Crippen molar-refractivity contribution in [3.8, 4) is 11.1 Å². The Morgan fingerprint density at radius 2 is 1.42 bits per heavy atom. The molecule has 48 heavy (non-hydrogen) atoms. The summed E-state index contributed by atoms with van der Waals surface area (Å²) in [5.74, 6) is 0.311. The van der Waals surface area contributed by atoms with Crippen molar-refractivity contribution >= 4 is 50.1 Å². The van der Waals surface area contributed by atoms with Gasteiger partial charge in [0, 0.05) is 44.6 Å². The van der Waals surface area contributed by atoms with Gasteiger partial charge >= 0.3 is 0 Å². The molecule has 1 unspecified atom stereocenters. The minimum atomic E-state index is -0.0225. The maximum atomic E-state index is 6.41. The number of benzene rings is 5. The fourth-order valence-corrected chi connectivity index (χ4v) is 8.07. The molecule has 0 saturated heterocycles. The first-order valence-electron chi connectivity index (χ1n) is 17.0. The maximum Gasteiger partial charge on any atom is 0.143 e. The average molecular weight is 620 g/mol. The smallest absolute Gasteiger partial charge is 0.143 e. The van der Waals surface area contributed by atoms with E-state index in [0.717, 1.165) is 57.3 Å². The number of fused-ring (bicyclic) bond motifs is 6. The lowest BCUT2D eigenvalue weighted by Gasteiger charge is -2.29. The molecule has 0 bridgehead atoms. The van der Waals surface area contributed by atoms with Gasteiger partial charge in [-0.1, -0.05) is 135 Å². The molecule has 0 radical (unpaired) electrons. The highest BCUT2D eigenvalue weighted by Crippen LogP contribution is 2.55. The van der Waals surface area contributed by atoms with E-state index in [1.165, 1.54) is 33.5 Å². The molecule has 1 atom stereocenters. The Labute approximate surface area is 282 Å². The molecule has 0 amide bonds. The summed E-state index contributed by atoms with van der Waals surface area (Å²) < 4.78 is 6.41. The van der Waals surface area contributed by atoms with E-state index in [9.17, 15) is 0 Å². The third-order valence-electron chi connectivity index (χ3n) is 10.5. The number of hydrogen-bond donors (Lipinski definition) is 0. The van der Waals surface area contributed by atoms with Crippen molar-refractivity contribution in [1.29, 1.82) is 0 Å². The van der Waals surface area contributed by atoms with Gasteiger partial charge in [-0.2, -0.15) is 0 Å².